The summed E-state index contributed by atoms with van der Waals surface area (Å²) in [5.41, 5.74) is -1.11. The molecule has 1 aliphatic heterocycles. The zero-order valence-electron chi connectivity index (χ0n) is 15.9. The highest BCUT2D eigenvalue weighted by molar-refractivity contribution is 8.34. The Morgan fingerprint density at radius 1 is 1.31 bits per heavy atom. The van der Waals surface area contributed by atoms with Crippen molar-refractivity contribution in [3.63, 3.8) is 0 Å². The summed E-state index contributed by atoms with van der Waals surface area (Å²) in [5.74, 6) is 3.40. The molecule has 0 amide bonds. The fraction of sp³-hybridized carbons (Fsp3) is 0.889. The van der Waals surface area contributed by atoms with Crippen molar-refractivity contribution in [3.05, 3.63) is 0 Å². The van der Waals surface area contributed by atoms with Crippen LogP contribution in [-0.2, 0) is 23.3 Å². The van der Waals surface area contributed by atoms with E-state index >= 15 is 0 Å². The minimum absolute atomic E-state index is 0.0680. The number of carbonyl (C=O) groups excluding carboxylic acids is 2. The van der Waals surface area contributed by atoms with Crippen LogP contribution in [0.5, 0.6) is 0 Å². The molecule has 2 saturated carbocycles. The molecule has 5 nitrogen and oxygen atoms in total. The van der Waals surface area contributed by atoms with Gasteiger partial charge < -0.3 is 0 Å². The number of Topliss-reactive ketones (excluding diaryl/α,β-unsaturated/α-hetero) is 2. The Bertz CT molecular complexity index is 694. The summed E-state index contributed by atoms with van der Waals surface area (Å²) in [6.45, 7) is 5.87. The molecule has 0 aromatic carbocycles. The third kappa shape index (κ3) is 3.51. The van der Waals surface area contributed by atoms with E-state index in [-0.39, 0.29) is 34.4 Å². The molecule has 2 aliphatic carbocycles. The second-order valence-corrected chi connectivity index (χ2v) is 14.7. The van der Waals surface area contributed by atoms with E-state index in [1.54, 1.807) is 18.7 Å². The second-order valence-electron chi connectivity index (χ2n) is 8.46. The molecule has 1 heterocycles. The first-order chi connectivity index (χ1) is 12.1. The Labute approximate surface area is 163 Å². The maximum atomic E-state index is 13.1. The van der Waals surface area contributed by atoms with E-state index in [0.29, 0.717) is 30.8 Å². The topological polar surface area (TPSA) is 77.5 Å². The highest BCUT2D eigenvalue weighted by atomic mass is 32.3. The first kappa shape index (κ1) is 20.7. The van der Waals surface area contributed by atoms with Gasteiger partial charge in [0.25, 0.3) is 10.1 Å². The number of carbonyl (C=O) groups is 2. The summed E-state index contributed by atoms with van der Waals surface area (Å²) in [6.07, 6.45) is 2.45. The highest BCUT2D eigenvalue weighted by Crippen LogP contribution is 2.65. The van der Waals surface area contributed by atoms with Crippen LogP contribution in [0, 0.1) is 16.7 Å². The normalized spacial score (nSPS) is 34.0. The Morgan fingerprint density at radius 2 is 1.96 bits per heavy atom. The summed E-state index contributed by atoms with van der Waals surface area (Å²) in [6, 6.07) is 0. The van der Waals surface area contributed by atoms with Gasteiger partial charge in [-0.3, -0.25) is 9.59 Å². The average molecular weight is 423 g/mol. The molecule has 2 atom stereocenters. The SMILES string of the molecule is CCC(=O)CS1(OS(=O)(=O)CC23CCC(CC2=O)C3(C)C)CCSCC1. The number of thioether (sulfide) groups is 1. The largest absolute Gasteiger partial charge is 0.299 e. The van der Waals surface area contributed by atoms with Crippen molar-refractivity contribution < 1.29 is 21.6 Å². The molecule has 2 unspecified atom stereocenters. The molecule has 0 N–H and O–H groups in total. The van der Waals surface area contributed by atoms with E-state index in [4.69, 9.17) is 3.63 Å². The molecule has 8 heteroatoms. The van der Waals surface area contributed by atoms with E-state index < -0.39 is 25.8 Å². The van der Waals surface area contributed by atoms with Crippen LogP contribution in [0.4, 0.5) is 0 Å². The molecule has 26 heavy (non-hydrogen) atoms. The maximum absolute atomic E-state index is 13.1. The van der Waals surface area contributed by atoms with Crippen LogP contribution in [0.1, 0.15) is 46.5 Å². The van der Waals surface area contributed by atoms with E-state index in [1.165, 1.54) is 0 Å². The fourth-order valence-corrected chi connectivity index (χ4v) is 13.7. The van der Waals surface area contributed by atoms with E-state index in [2.05, 4.69) is 0 Å². The van der Waals surface area contributed by atoms with Gasteiger partial charge in [-0.15, -0.1) is 10.3 Å². The van der Waals surface area contributed by atoms with Crippen LogP contribution in [0.3, 0.4) is 0 Å². The predicted molar refractivity (Wildman–Crippen MR) is 108 cm³/mol. The van der Waals surface area contributed by atoms with Gasteiger partial charge in [-0.05, 0) is 24.2 Å². The fourth-order valence-electron chi connectivity index (χ4n) is 4.91. The third-order valence-electron chi connectivity index (χ3n) is 6.83. The van der Waals surface area contributed by atoms with Crippen molar-refractivity contribution in [1.29, 1.82) is 0 Å². The quantitative estimate of drug-likeness (QED) is 0.627. The minimum atomic E-state index is -3.87. The van der Waals surface area contributed by atoms with Crippen LogP contribution >= 0.6 is 22.1 Å². The van der Waals surface area contributed by atoms with Gasteiger partial charge >= 0.3 is 0 Å². The Morgan fingerprint density at radius 3 is 2.46 bits per heavy atom. The second kappa shape index (κ2) is 7.08. The average Bonchev–Trinajstić information content (AvgIpc) is 2.88. The van der Waals surface area contributed by atoms with Crippen LogP contribution in [0.15, 0.2) is 0 Å². The number of rotatable bonds is 7. The van der Waals surface area contributed by atoms with Gasteiger partial charge in [0.1, 0.15) is 11.6 Å². The summed E-state index contributed by atoms with van der Waals surface area (Å²) >= 11 is 1.78. The van der Waals surface area contributed by atoms with Crippen LogP contribution in [0.2, 0.25) is 0 Å². The van der Waals surface area contributed by atoms with Gasteiger partial charge in [-0.1, -0.05) is 20.8 Å². The van der Waals surface area contributed by atoms with Gasteiger partial charge in [0.15, 0.2) is 0 Å². The van der Waals surface area contributed by atoms with Gasteiger partial charge in [-0.2, -0.15) is 20.2 Å². The Kier molecular flexibility index (Phi) is 5.63. The van der Waals surface area contributed by atoms with E-state index in [0.717, 1.165) is 17.9 Å². The van der Waals surface area contributed by atoms with Gasteiger partial charge in [-0.25, -0.2) is 3.63 Å². The highest BCUT2D eigenvalue weighted by Gasteiger charge is 2.65. The molecule has 2 bridgehead atoms. The summed E-state index contributed by atoms with van der Waals surface area (Å²) in [7, 11) is -5.82. The summed E-state index contributed by atoms with van der Waals surface area (Å²) in [5, 5.41) is 0. The van der Waals surface area contributed by atoms with E-state index in [1.807, 2.05) is 13.8 Å². The molecule has 3 aliphatic rings. The standard InChI is InChI=1S/C18H30O5S3/c1-4-15(19)12-25(9-7-24-8-10-25)23-26(21,22)13-18-6-5-14(11-16(18)20)17(18,2)3/h14H,4-13H2,1-3H3. The number of hydrogen-bond acceptors (Lipinski definition) is 6. The van der Waals surface area contributed by atoms with Crippen molar-refractivity contribution in [1.82, 2.24) is 0 Å². The molecule has 3 rings (SSSR count). The minimum Gasteiger partial charge on any atom is -0.299 e. The number of hydrogen-bond donors (Lipinski definition) is 0. The molecule has 0 aromatic heterocycles. The van der Waals surface area contributed by atoms with Crippen molar-refractivity contribution >= 4 is 43.8 Å². The van der Waals surface area contributed by atoms with Crippen LogP contribution in [-0.4, -0.2) is 54.5 Å². The van der Waals surface area contributed by atoms with Gasteiger partial charge in [0.2, 0.25) is 0 Å². The van der Waals surface area contributed by atoms with Crippen LogP contribution < -0.4 is 0 Å². The maximum Gasteiger partial charge on any atom is 0.277 e. The van der Waals surface area contributed by atoms with Gasteiger partial charge in [0.05, 0.1) is 16.9 Å². The monoisotopic (exact) mass is 422 g/mol. The van der Waals surface area contributed by atoms with Crippen LogP contribution in [0.25, 0.3) is 0 Å². The molecular formula is C18H30O5S3. The third-order valence-corrected chi connectivity index (χ3v) is 13.9. The van der Waals surface area contributed by atoms with Crippen molar-refractivity contribution in [2.24, 2.45) is 16.7 Å². The number of ketones is 2. The molecule has 0 aromatic rings. The lowest BCUT2D eigenvalue weighted by atomic mass is 9.70. The smallest absolute Gasteiger partial charge is 0.277 e. The molecule has 1 saturated heterocycles. The molecule has 0 spiro atoms. The molecule has 150 valence electrons. The lowest BCUT2D eigenvalue weighted by Crippen LogP contribution is -2.43. The molecule has 3 fully saturated rings. The van der Waals surface area contributed by atoms with Gasteiger partial charge in [0, 0.05) is 35.9 Å². The van der Waals surface area contributed by atoms with Crippen molar-refractivity contribution in [2.75, 3.05) is 34.5 Å². The summed E-state index contributed by atoms with van der Waals surface area (Å²) in [4.78, 5) is 24.8. The Hall–Kier alpha value is -0.0500. The molecule has 0 radical (unpaired) electrons. The van der Waals surface area contributed by atoms with Crippen molar-refractivity contribution in [2.45, 2.75) is 46.5 Å². The lowest BCUT2D eigenvalue weighted by Gasteiger charge is -2.42. The van der Waals surface area contributed by atoms with E-state index in [9.17, 15) is 18.0 Å². The lowest BCUT2D eigenvalue weighted by molar-refractivity contribution is -0.128. The zero-order valence-corrected chi connectivity index (χ0v) is 18.4. The first-order valence-corrected chi connectivity index (χ1v) is 14.2. The zero-order chi connectivity index (χ0) is 19.2. The van der Waals surface area contributed by atoms with Crippen molar-refractivity contribution in [3.8, 4) is 0 Å². The Balaban J connectivity index is 1.83. The molecular weight excluding hydrogens is 392 g/mol. The number of fused-ring (bicyclic) bond motifs is 2. The summed E-state index contributed by atoms with van der Waals surface area (Å²) < 4.78 is 32.0. The predicted octanol–water partition coefficient (Wildman–Crippen LogP) is 3.17. The first-order valence-electron chi connectivity index (χ1n) is 9.39.